The topological polar surface area (TPSA) is 70.0 Å². The van der Waals surface area contributed by atoms with Gasteiger partial charge in [0.25, 0.3) is 9.05 Å². The number of hydrogen-bond acceptors (Lipinski definition) is 4. The van der Waals surface area contributed by atoms with E-state index in [0.717, 1.165) is 11.9 Å². The Morgan fingerprint density at radius 2 is 1.87 bits per heavy atom. The molecule has 0 amide bonds. The first-order valence-corrected chi connectivity index (χ1v) is 6.32. The number of hydrogen-bond donors (Lipinski definition) is 2. The Labute approximate surface area is 92.5 Å². The lowest BCUT2D eigenvalue weighted by atomic mass is 10.3. The van der Waals surface area contributed by atoms with E-state index in [0.29, 0.717) is 0 Å². The highest BCUT2D eigenvalue weighted by Crippen LogP contribution is 2.17. The van der Waals surface area contributed by atoms with Gasteiger partial charge < -0.3 is 10.7 Å². The van der Waals surface area contributed by atoms with Crippen LogP contribution in [0.2, 0.25) is 0 Å². The molecule has 1 aromatic rings. The van der Waals surface area contributed by atoms with Gasteiger partial charge in [-0.3, -0.25) is 0 Å². The normalized spacial score (nSPS) is 11.5. The zero-order valence-electron chi connectivity index (χ0n) is 7.64. The van der Waals surface area contributed by atoms with Crippen molar-refractivity contribution in [2.45, 2.75) is 4.90 Å². The van der Waals surface area contributed by atoms with Gasteiger partial charge in [0.05, 0.1) is 4.90 Å². The van der Waals surface area contributed by atoms with Crippen molar-refractivity contribution in [3.05, 3.63) is 36.5 Å². The lowest BCUT2D eigenvalue weighted by molar-refractivity contribution is 0.609. The molecule has 1 aromatic carbocycles. The monoisotopic (exact) mass is 244 g/mol. The van der Waals surface area contributed by atoms with Crippen LogP contribution in [-0.4, -0.2) is 14.6 Å². The van der Waals surface area contributed by atoms with Gasteiger partial charge in [0.15, 0.2) is 0 Å². The Balaban J connectivity index is 2.81. The highest BCUT2D eigenvalue weighted by Gasteiger charge is 2.08. The summed E-state index contributed by atoms with van der Waals surface area (Å²) in [6, 6.07) is 5.99. The van der Waals surface area contributed by atoms with E-state index in [2.05, 4.69) is 5.32 Å². The molecule has 0 fully saturated rings. The van der Waals surface area contributed by atoms with Crippen molar-refractivity contribution in [1.29, 1.82) is 5.41 Å². The third kappa shape index (κ3) is 3.73. The maximum atomic E-state index is 10.9. The van der Waals surface area contributed by atoms with Crippen LogP contribution in [0.25, 0.3) is 0 Å². The summed E-state index contributed by atoms with van der Waals surface area (Å²) in [5, 5.41) is 9.59. The van der Waals surface area contributed by atoms with Crippen molar-refractivity contribution in [1.82, 2.24) is 0 Å². The van der Waals surface area contributed by atoms with Crippen molar-refractivity contribution in [3.8, 4) is 0 Å². The van der Waals surface area contributed by atoms with E-state index >= 15 is 0 Å². The summed E-state index contributed by atoms with van der Waals surface area (Å²) >= 11 is 0. The van der Waals surface area contributed by atoms with E-state index < -0.39 is 9.05 Å². The molecular formula is C9H9ClN2O2S. The molecule has 0 heterocycles. The summed E-state index contributed by atoms with van der Waals surface area (Å²) in [5.74, 6) is 0. The number of rotatable bonds is 4. The molecule has 6 heteroatoms. The lowest BCUT2D eigenvalue weighted by Crippen LogP contribution is -1.92. The predicted molar refractivity (Wildman–Crippen MR) is 61.0 cm³/mol. The van der Waals surface area contributed by atoms with Gasteiger partial charge in [-0.25, -0.2) is 8.42 Å². The second kappa shape index (κ2) is 4.95. The second-order valence-electron chi connectivity index (χ2n) is 2.63. The number of halogens is 1. The van der Waals surface area contributed by atoms with Crippen molar-refractivity contribution in [2.24, 2.45) is 0 Å². The molecule has 0 atom stereocenters. The highest BCUT2D eigenvalue weighted by molar-refractivity contribution is 8.13. The summed E-state index contributed by atoms with van der Waals surface area (Å²) < 4.78 is 21.8. The fourth-order valence-electron chi connectivity index (χ4n) is 0.906. The van der Waals surface area contributed by atoms with Gasteiger partial charge in [-0.05, 0) is 30.3 Å². The zero-order valence-corrected chi connectivity index (χ0v) is 9.22. The molecule has 0 aliphatic carbocycles. The van der Waals surface area contributed by atoms with E-state index in [4.69, 9.17) is 16.1 Å². The Kier molecular flexibility index (Phi) is 3.88. The molecule has 0 aliphatic heterocycles. The Bertz CT molecular complexity index is 465. The molecule has 2 N–H and O–H groups in total. The van der Waals surface area contributed by atoms with Gasteiger partial charge in [-0.15, -0.1) is 0 Å². The standard InChI is InChI=1S/C9H9ClN2O2S/c10-15(13,14)9-4-2-8(3-5-9)12-7-1-6-11/h1-7,11-12H/b7-1-,11-6?. The molecule has 0 aromatic heterocycles. The first-order valence-electron chi connectivity index (χ1n) is 4.01. The molecular weight excluding hydrogens is 236 g/mol. The first kappa shape index (κ1) is 11.7. The number of allylic oxidation sites excluding steroid dienone is 1. The van der Waals surface area contributed by atoms with Gasteiger partial charge in [0.2, 0.25) is 0 Å². The lowest BCUT2D eigenvalue weighted by Gasteiger charge is -2.00. The molecule has 0 saturated heterocycles. The van der Waals surface area contributed by atoms with Crippen molar-refractivity contribution in [2.75, 3.05) is 5.32 Å². The molecule has 0 spiro atoms. The van der Waals surface area contributed by atoms with E-state index in [1.807, 2.05) is 0 Å². The summed E-state index contributed by atoms with van der Waals surface area (Å²) in [6.45, 7) is 0. The summed E-state index contributed by atoms with van der Waals surface area (Å²) in [4.78, 5) is 0.0609. The minimum Gasteiger partial charge on any atom is -0.362 e. The minimum absolute atomic E-state index is 0.0609. The average molecular weight is 245 g/mol. The molecule has 0 saturated carbocycles. The molecule has 80 valence electrons. The fraction of sp³-hybridized carbons (Fsp3) is 0. The maximum absolute atomic E-state index is 10.9. The third-order valence-corrected chi connectivity index (χ3v) is 2.95. The largest absolute Gasteiger partial charge is 0.362 e. The Hall–Kier alpha value is -1.33. The van der Waals surface area contributed by atoms with E-state index in [1.165, 1.54) is 18.2 Å². The second-order valence-corrected chi connectivity index (χ2v) is 5.20. The zero-order chi connectivity index (χ0) is 11.3. The van der Waals surface area contributed by atoms with Crippen LogP contribution >= 0.6 is 10.7 Å². The van der Waals surface area contributed by atoms with Crippen LogP contribution in [0.15, 0.2) is 41.4 Å². The fourth-order valence-corrected chi connectivity index (χ4v) is 1.68. The predicted octanol–water partition coefficient (Wildman–Crippen LogP) is 2.19. The van der Waals surface area contributed by atoms with Crippen LogP contribution in [-0.2, 0) is 9.05 Å². The van der Waals surface area contributed by atoms with E-state index in [1.54, 1.807) is 18.3 Å². The molecule has 0 unspecified atom stereocenters. The summed E-state index contributed by atoms with van der Waals surface area (Å²) in [5.41, 5.74) is 0.720. The van der Waals surface area contributed by atoms with E-state index in [-0.39, 0.29) is 4.90 Å². The molecule has 4 nitrogen and oxygen atoms in total. The number of benzene rings is 1. The van der Waals surface area contributed by atoms with Gasteiger partial charge in [0.1, 0.15) is 0 Å². The van der Waals surface area contributed by atoms with Crippen LogP contribution in [0.5, 0.6) is 0 Å². The van der Waals surface area contributed by atoms with Gasteiger partial charge in [-0.1, -0.05) is 0 Å². The quantitative estimate of drug-likeness (QED) is 0.630. The van der Waals surface area contributed by atoms with Crippen LogP contribution in [0.4, 0.5) is 5.69 Å². The smallest absolute Gasteiger partial charge is 0.261 e. The van der Waals surface area contributed by atoms with Crippen molar-refractivity contribution < 1.29 is 8.42 Å². The van der Waals surface area contributed by atoms with Gasteiger partial charge >= 0.3 is 0 Å². The van der Waals surface area contributed by atoms with Crippen LogP contribution in [0.3, 0.4) is 0 Å². The van der Waals surface area contributed by atoms with Gasteiger partial charge in [-0.2, -0.15) is 0 Å². The molecule has 0 bridgehead atoms. The summed E-state index contributed by atoms with van der Waals surface area (Å²) in [7, 11) is 1.49. The molecule has 15 heavy (non-hydrogen) atoms. The Morgan fingerprint density at radius 1 is 1.27 bits per heavy atom. The van der Waals surface area contributed by atoms with E-state index in [9.17, 15) is 8.42 Å². The van der Waals surface area contributed by atoms with Crippen LogP contribution in [0, 0.1) is 5.41 Å². The Morgan fingerprint density at radius 3 is 2.33 bits per heavy atom. The number of nitrogens with one attached hydrogen (secondary N) is 2. The average Bonchev–Trinajstić information content (AvgIpc) is 2.18. The minimum atomic E-state index is -3.65. The molecule has 0 radical (unpaired) electrons. The number of anilines is 1. The van der Waals surface area contributed by atoms with Crippen LogP contribution in [0.1, 0.15) is 0 Å². The van der Waals surface area contributed by atoms with Crippen LogP contribution < -0.4 is 5.32 Å². The maximum Gasteiger partial charge on any atom is 0.261 e. The molecule has 0 aliphatic rings. The van der Waals surface area contributed by atoms with Crippen molar-refractivity contribution in [3.63, 3.8) is 0 Å². The SMILES string of the molecule is N=C/C=C\Nc1ccc(S(=O)(=O)Cl)cc1. The van der Waals surface area contributed by atoms with Crippen molar-refractivity contribution >= 4 is 31.6 Å². The first-order chi connectivity index (χ1) is 7.04. The summed E-state index contributed by atoms with van der Waals surface area (Å²) in [6.07, 6.45) is 4.20. The van der Waals surface area contributed by atoms with Gasteiger partial charge in [0, 0.05) is 28.8 Å². The molecule has 1 rings (SSSR count). The third-order valence-electron chi connectivity index (χ3n) is 1.58. The highest BCUT2D eigenvalue weighted by atomic mass is 35.7.